The van der Waals surface area contributed by atoms with Gasteiger partial charge in [0.2, 0.25) is 5.88 Å². The van der Waals surface area contributed by atoms with Gasteiger partial charge in [-0.25, -0.2) is 15.0 Å². The predicted molar refractivity (Wildman–Crippen MR) is 125 cm³/mol. The van der Waals surface area contributed by atoms with Crippen molar-refractivity contribution in [2.24, 2.45) is 0 Å². The Kier molecular flexibility index (Phi) is 6.43. The van der Waals surface area contributed by atoms with E-state index in [1.165, 1.54) is 31.0 Å². The van der Waals surface area contributed by atoms with E-state index in [1.807, 2.05) is 19.2 Å². The summed E-state index contributed by atoms with van der Waals surface area (Å²) >= 11 is 1.41. The van der Waals surface area contributed by atoms with Gasteiger partial charge in [0.15, 0.2) is 5.16 Å². The molecule has 0 radical (unpaired) electrons. The van der Waals surface area contributed by atoms with E-state index in [0.29, 0.717) is 27.9 Å². The van der Waals surface area contributed by atoms with Crippen molar-refractivity contribution >= 4 is 34.3 Å². The third-order valence-electron chi connectivity index (χ3n) is 5.11. The molecule has 34 heavy (non-hydrogen) atoms. The molecule has 4 rings (SSSR count). The number of anilines is 1. The van der Waals surface area contributed by atoms with Gasteiger partial charge in [0.05, 0.1) is 18.4 Å². The van der Waals surface area contributed by atoms with Gasteiger partial charge in [-0.2, -0.15) is 13.2 Å². The molecule has 0 saturated carbocycles. The highest BCUT2D eigenvalue weighted by atomic mass is 32.2. The van der Waals surface area contributed by atoms with E-state index in [9.17, 15) is 18.0 Å². The minimum Gasteiger partial charge on any atom is -0.479 e. The van der Waals surface area contributed by atoms with Crippen molar-refractivity contribution in [1.82, 2.24) is 15.0 Å². The maximum Gasteiger partial charge on any atom is 0.416 e. The molecule has 2 heterocycles. The summed E-state index contributed by atoms with van der Waals surface area (Å²) in [5, 5.41) is 3.99. The Morgan fingerprint density at radius 1 is 1.09 bits per heavy atom. The summed E-state index contributed by atoms with van der Waals surface area (Å²) in [6, 6.07) is 11.3. The monoisotopic (exact) mass is 484 g/mol. The lowest BCUT2D eigenvalue weighted by molar-refractivity contribution is -0.137. The molecule has 2 aromatic carbocycles. The van der Waals surface area contributed by atoms with Crippen LogP contribution in [0.2, 0.25) is 0 Å². The number of rotatable bonds is 5. The maximum atomic E-state index is 13.0. The van der Waals surface area contributed by atoms with Gasteiger partial charge in [-0.05, 0) is 55.1 Å². The van der Waals surface area contributed by atoms with Gasteiger partial charge < -0.3 is 10.1 Å². The molecule has 0 fully saturated rings. The van der Waals surface area contributed by atoms with Gasteiger partial charge in [0, 0.05) is 28.4 Å². The number of carbonyl (C=O) groups excluding carboxylic acids is 1. The molecule has 1 amide bonds. The van der Waals surface area contributed by atoms with Gasteiger partial charge >= 0.3 is 6.18 Å². The van der Waals surface area contributed by atoms with E-state index in [-0.39, 0.29) is 5.56 Å². The number of fused-ring (bicyclic) bond motifs is 1. The van der Waals surface area contributed by atoms with Crippen molar-refractivity contribution in [1.29, 1.82) is 0 Å². The van der Waals surface area contributed by atoms with E-state index in [2.05, 4.69) is 20.3 Å². The quantitative estimate of drug-likeness (QED) is 0.277. The Labute approximate surface area is 197 Å². The second-order valence-electron chi connectivity index (χ2n) is 7.37. The zero-order valence-corrected chi connectivity index (χ0v) is 19.2. The number of alkyl halides is 3. The molecule has 0 spiro atoms. The Balaban J connectivity index is 1.69. The zero-order valence-electron chi connectivity index (χ0n) is 18.4. The van der Waals surface area contributed by atoms with Crippen molar-refractivity contribution in [3.05, 3.63) is 71.4 Å². The first-order chi connectivity index (χ1) is 16.2. The van der Waals surface area contributed by atoms with Crippen LogP contribution in [0.15, 0.2) is 59.9 Å². The lowest BCUT2D eigenvalue weighted by Crippen LogP contribution is -2.14. The fourth-order valence-corrected chi connectivity index (χ4v) is 3.73. The van der Waals surface area contributed by atoms with Crippen LogP contribution in [0.5, 0.6) is 5.88 Å². The Hall–Kier alpha value is -3.66. The van der Waals surface area contributed by atoms with Crippen LogP contribution in [-0.4, -0.2) is 34.2 Å². The van der Waals surface area contributed by atoms with Crippen molar-refractivity contribution in [3.8, 4) is 17.1 Å². The molecule has 6 nitrogen and oxygen atoms in total. The summed E-state index contributed by atoms with van der Waals surface area (Å²) in [5.74, 6) is -0.314. The number of carbonyl (C=O) groups is 1. The Morgan fingerprint density at radius 2 is 1.88 bits per heavy atom. The number of pyridine rings is 1. The molecule has 0 aliphatic heterocycles. The number of thioether (sulfide) groups is 1. The molecule has 174 valence electrons. The van der Waals surface area contributed by atoms with Crippen LogP contribution >= 0.6 is 11.8 Å². The first-order valence-electron chi connectivity index (χ1n) is 10.0. The number of ether oxygens (including phenoxy) is 1. The summed E-state index contributed by atoms with van der Waals surface area (Å²) in [4.78, 5) is 26.0. The van der Waals surface area contributed by atoms with E-state index < -0.39 is 17.6 Å². The van der Waals surface area contributed by atoms with Crippen LogP contribution in [0.3, 0.4) is 0 Å². The fourth-order valence-electron chi connectivity index (χ4n) is 3.39. The number of hydrogen-bond acceptors (Lipinski definition) is 6. The Morgan fingerprint density at radius 3 is 2.59 bits per heavy atom. The second kappa shape index (κ2) is 9.30. The molecule has 0 unspecified atom stereocenters. The lowest BCUT2D eigenvalue weighted by Gasteiger charge is -2.13. The molecule has 0 saturated heterocycles. The molecule has 0 aliphatic carbocycles. The van der Waals surface area contributed by atoms with Crippen LogP contribution in [-0.2, 0) is 6.18 Å². The molecule has 10 heteroatoms. The number of amides is 1. The van der Waals surface area contributed by atoms with Crippen molar-refractivity contribution in [2.45, 2.75) is 18.3 Å². The molecular formula is C24H19F3N4O2S. The number of hydrogen-bond donors (Lipinski definition) is 1. The zero-order chi connectivity index (χ0) is 24.5. The molecule has 0 aliphatic rings. The summed E-state index contributed by atoms with van der Waals surface area (Å²) in [6.45, 7) is 1.89. The summed E-state index contributed by atoms with van der Waals surface area (Å²) < 4.78 is 44.4. The number of methoxy groups -OCH3 is 1. The highest BCUT2D eigenvalue weighted by Gasteiger charge is 2.30. The standard InChI is InChI=1S/C24H19F3N4O2S/c1-13-7-8-17(29-21(32)14-5-4-6-16(9-14)24(25,26)27)11-18(13)19-10-15-12-28-23(34-3)31-20(15)22(30-19)33-2/h4-12H,1-3H3,(H,29,32). The highest BCUT2D eigenvalue weighted by molar-refractivity contribution is 7.98. The minimum absolute atomic E-state index is 0.0933. The SMILES string of the molecule is COc1nc(-c2cc(NC(=O)c3cccc(C(F)(F)F)c3)ccc2C)cc2cnc(SC)nc12. The Bertz CT molecular complexity index is 1390. The number of aromatic nitrogens is 3. The number of benzene rings is 2. The van der Waals surface area contributed by atoms with Crippen LogP contribution < -0.4 is 10.1 Å². The average Bonchev–Trinajstić information content (AvgIpc) is 2.83. The maximum absolute atomic E-state index is 13.0. The van der Waals surface area contributed by atoms with Gasteiger partial charge in [-0.15, -0.1) is 0 Å². The van der Waals surface area contributed by atoms with E-state index in [4.69, 9.17) is 4.74 Å². The van der Waals surface area contributed by atoms with Crippen molar-refractivity contribution < 1.29 is 22.7 Å². The molecule has 0 bridgehead atoms. The van der Waals surface area contributed by atoms with E-state index >= 15 is 0 Å². The predicted octanol–water partition coefficient (Wildman–Crippen LogP) is 6.00. The van der Waals surface area contributed by atoms with Crippen LogP contribution in [0.1, 0.15) is 21.5 Å². The first kappa shape index (κ1) is 23.5. The third kappa shape index (κ3) is 4.81. The van der Waals surface area contributed by atoms with E-state index in [1.54, 1.807) is 24.4 Å². The number of aryl methyl sites for hydroxylation is 1. The smallest absolute Gasteiger partial charge is 0.416 e. The normalized spacial score (nSPS) is 11.5. The summed E-state index contributed by atoms with van der Waals surface area (Å²) in [5.41, 5.74) is 2.20. The van der Waals surface area contributed by atoms with Gasteiger partial charge in [-0.1, -0.05) is 23.9 Å². The van der Waals surface area contributed by atoms with Crippen molar-refractivity contribution in [3.63, 3.8) is 0 Å². The molecule has 1 N–H and O–H groups in total. The van der Waals surface area contributed by atoms with Crippen molar-refractivity contribution in [2.75, 3.05) is 18.7 Å². The summed E-state index contributed by atoms with van der Waals surface area (Å²) in [7, 11) is 1.50. The number of halogens is 3. The largest absolute Gasteiger partial charge is 0.479 e. The van der Waals surface area contributed by atoms with Gasteiger partial charge in [0.1, 0.15) is 5.52 Å². The van der Waals surface area contributed by atoms with E-state index in [0.717, 1.165) is 28.6 Å². The number of nitrogens with one attached hydrogen (secondary N) is 1. The second-order valence-corrected chi connectivity index (χ2v) is 8.15. The molecule has 0 atom stereocenters. The number of nitrogens with zero attached hydrogens (tertiary/aromatic N) is 3. The van der Waals surface area contributed by atoms with Crippen LogP contribution in [0.4, 0.5) is 18.9 Å². The van der Waals surface area contributed by atoms with Gasteiger partial charge in [0.25, 0.3) is 5.91 Å². The third-order valence-corrected chi connectivity index (χ3v) is 5.67. The van der Waals surface area contributed by atoms with Crippen LogP contribution in [0, 0.1) is 6.92 Å². The fraction of sp³-hybridized carbons (Fsp3) is 0.167. The topological polar surface area (TPSA) is 77.0 Å². The lowest BCUT2D eigenvalue weighted by atomic mass is 10.0. The summed E-state index contributed by atoms with van der Waals surface area (Å²) in [6.07, 6.45) is -0.969. The average molecular weight is 485 g/mol. The van der Waals surface area contributed by atoms with Crippen LogP contribution in [0.25, 0.3) is 22.2 Å². The highest BCUT2D eigenvalue weighted by Crippen LogP contribution is 2.32. The van der Waals surface area contributed by atoms with Gasteiger partial charge in [-0.3, -0.25) is 4.79 Å². The molecule has 4 aromatic rings. The molecule has 2 aromatic heterocycles. The first-order valence-corrected chi connectivity index (χ1v) is 11.3. The minimum atomic E-state index is -4.53. The molecular weight excluding hydrogens is 465 g/mol.